The SMILES string of the molecule is C[C@@H]1[C@@H](C)C/C=C/[C@@](O)(c2cncnc2)[C@@H]2CC[C@H]2CN2C[C@@]3(CCCc4cc(Cl)ccc43)COc3ccc(cc32)C(=O)NS1(=O)=O.C[C@@H]1[C@@H](C)C/C=C/[C@](O)(c2cncnc2)[C@@H]2CC[C@H]2CN2C[C@@]3(CCCc4cc(Cl)ccc43)COc3ccc(cc32)C(=O)NS1(=O)=O. The van der Waals surface area contributed by atoms with E-state index in [1.807, 2.05) is 50.3 Å². The van der Waals surface area contributed by atoms with Crippen LogP contribution in [0.4, 0.5) is 11.4 Å². The lowest BCUT2D eigenvalue weighted by Gasteiger charge is -2.49. The van der Waals surface area contributed by atoms with Crippen LogP contribution in [0.2, 0.25) is 10.0 Å². The summed E-state index contributed by atoms with van der Waals surface area (Å²) in [5, 5.41) is 24.6. The zero-order valence-corrected chi connectivity index (χ0v) is 56.6. The van der Waals surface area contributed by atoms with E-state index < -0.39 is 53.6 Å². The first-order chi connectivity index (χ1) is 45.0. The number of hydrogen-bond acceptors (Lipinski definition) is 16. The zero-order valence-electron chi connectivity index (χ0n) is 53.5. The summed E-state index contributed by atoms with van der Waals surface area (Å²) in [5.41, 5.74) is 4.82. The number of fused-ring (bicyclic) bond motifs is 8. The van der Waals surface area contributed by atoms with E-state index in [1.54, 1.807) is 75.0 Å². The van der Waals surface area contributed by atoms with E-state index in [0.29, 0.717) is 84.9 Å². The van der Waals surface area contributed by atoms with Crippen molar-refractivity contribution in [3.8, 4) is 11.5 Å². The minimum absolute atomic E-state index is 0.114. The molecule has 8 aliphatic rings. The number of allylic oxidation sites excluding steroid dienone is 2. The molecule has 4 aliphatic carbocycles. The molecule has 2 saturated carbocycles. The van der Waals surface area contributed by atoms with Gasteiger partial charge in [0.25, 0.3) is 11.8 Å². The second kappa shape index (κ2) is 25.9. The van der Waals surface area contributed by atoms with Crippen LogP contribution in [-0.2, 0) is 54.9 Å². The van der Waals surface area contributed by atoms with Crippen molar-refractivity contribution >= 4 is 66.4 Å². The monoisotopic (exact) mass is 1350 g/mol. The molecule has 2 aromatic heterocycles. The number of aliphatic hydroxyl groups is 2. The molecule has 0 saturated heterocycles. The Morgan fingerprint density at radius 1 is 0.553 bits per heavy atom. The maximum absolute atomic E-state index is 13.5. The van der Waals surface area contributed by atoms with E-state index in [-0.39, 0.29) is 57.5 Å². The lowest BCUT2D eigenvalue weighted by molar-refractivity contribution is -0.0507. The average Bonchev–Trinajstić information content (AvgIpc) is 1.32. The molecular weight excluding hydrogens is 1270 g/mol. The Balaban J connectivity index is 0.000000171. The first kappa shape index (κ1) is 65.7. The van der Waals surface area contributed by atoms with Gasteiger partial charge in [-0.15, -0.1) is 0 Å². The number of nitrogens with zero attached hydrogens (tertiary/aromatic N) is 6. The minimum atomic E-state index is -4.00. The van der Waals surface area contributed by atoms with Gasteiger partial charge < -0.3 is 29.5 Å². The van der Waals surface area contributed by atoms with Crippen LogP contribution < -0.4 is 28.7 Å². The fourth-order valence-electron chi connectivity index (χ4n) is 16.2. The first-order valence-corrected chi connectivity index (χ1v) is 36.9. The summed E-state index contributed by atoms with van der Waals surface area (Å²) in [4.78, 5) is 48.5. The Morgan fingerprint density at radius 3 is 1.34 bits per heavy atom. The van der Waals surface area contributed by atoms with Crippen LogP contribution in [0.25, 0.3) is 0 Å². The number of benzene rings is 4. The topological polar surface area (TPSA) is 243 Å². The van der Waals surface area contributed by atoms with Gasteiger partial charge in [-0.2, -0.15) is 0 Å². The van der Waals surface area contributed by atoms with Crippen LogP contribution in [0.1, 0.15) is 146 Å². The molecule has 0 unspecified atom stereocenters. The molecule has 496 valence electrons. The number of halogens is 2. The van der Waals surface area contributed by atoms with Crippen molar-refractivity contribution < 1.29 is 46.1 Å². The standard InChI is InChI=1S/2C36H41ClN4O5S/c2*1-23-5-3-14-36(43,28-17-38-22-39-18-28)31-10-7-27(31)19-41-20-35(13-4-6-25-15-29(37)9-11-30(25)35)21-46-33-12-8-26(16-32(33)41)34(42)40-47(44,45)24(23)2/h2*3,8-9,11-12,14-18,22-24,27,31,43H,4-7,10,13,19-21H2,1-2H3,(H,40,42)/b2*14-3+/t23-,24+,27-,31+,35-,36+;23-,24+,27-,31+,35-,36-/m00/s1. The summed E-state index contributed by atoms with van der Waals surface area (Å²) in [6, 6.07) is 22.6. The highest BCUT2D eigenvalue weighted by Gasteiger charge is 2.52. The Bertz CT molecular complexity index is 3910. The van der Waals surface area contributed by atoms with Gasteiger partial charge in [0.2, 0.25) is 20.0 Å². The fraction of sp³-hybridized carbons (Fsp3) is 0.472. The number of ether oxygens (including phenoxy) is 2. The van der Waals surface area contributed by atoms with Crippen molar-refractivity contribution in [3.05, 3.63) is 189 Å². The van der Waals surface area contributed by atoms with Crippen molar-refractivity contribution in [3.63, 3.8) is 0 Å². The summed E-state index contributed by atoms with van der Waals surface area (Å²) in [6.07, 6.45) is 26.9. The predicted molar refractivity (Wildman–Crippen MR) is 362 cm³/mol. The van der Waals surface area contributed by atoms with Gasteiger partial charge in [0, 0.05) is 106 Å². The highest BCUT2D eigenvalue weighted by molar-refractivity contribution is 7.91. The number of carbonyl (C=O) groups excluding carboxylic acids is 2. The molecule has 94 heavy (non-hydrogen) atoms. The van der Waals surface area contributed by atoms with Crippen molar-refractivity contribution in [2.75, 3.05) is 49.2 Å². The molecule has 0 radical (unpaired) electrons. The fourth-order valence-corrected chi connectivity index (χ4v) is 19.1. The second-order valence-electron chi connectivity index (χ2n) is 28.0. The summed E-state index contributed by atoms with van der Waals surface area (Å²) in [7, 11) is -8.00. The van der Waals surface area contributed by atoms with Crippen molar-refractivity contribution in [1.82, 2.24) is 29.4 Å². The van der Waals surface area contributed by atoms with E-state index in [9.17, 15) is 36.6 Å². The Morgan fingerprint density at radius 2 is 0.957 bits per heavy atom. The van der Waals surface area contributed by atoms with Gasteiger partial charge in [0.15, 0.2) is 0 Å². The normalized spacial score (nSPS) is 32.5. The van der Waals surface area contributed by atoms with Gasteiger partial charge in [0.05, 0.1) is 35.1 Å². The maximum atomic E-state index is 13.5. The summed E-state index contributed by atoms with van der Waals surface area (Å²) < 4.78 is 71.4. The van der Waals surface area contributed by atoms with Gasteiger partial charge in [-0.1, -0.05) is 73.5 Å². The van der Waals surface area contributed by atoms with E-state index in [4.69, 9.17) is 32.7 Å². The Hall–Kier alpha value is -6.94. The molecule has 4 aromatic carbocycles. The third kappa shape index (κ3) is 12.5. The molecule has 6 aromatic rings. The minimum Gasteiger partial charge on any atom is -0.490 e. The Kier molecular flexibility index (Phi) is 18.1. The molecule has 4 bridgehead atoms. The number of anilines is 2. The van der Waals surface area contributed by atoms with E-state index in [0.717, 1.165) is 75.6 Å². The van der Waals surface area contributed by atoms with Crippen LogP contribution in [-0.4, -0.2) is 109 Å². The second-order valence-corrected chi connectivity index (χ2v) is 32.9. The summed E-state index contributed by atoms with van der Waals surface area (Å²) in [5.74, 6) is -0.690. The smallest absolute Gasteiger partial charge is 0.264 e. The van der Waals surface area contributed by atoms with Crippen LogP contribution in [0, 0.1) is 35.5 Å². The quantitative estimate of drug-likeness (QED) is 0.118. The van der Waals surface area contributed by atoms with E-state index in [1.165, 1.54) is 34.9 Å². The van der Waals surface area contributed by atoms with Crippen LogP contribution in [0.5, 0.6) is 11.5 Å². The molecule has 18 nitrogen and oxygen atoms in total. The molecule has 2 fully saturated rings. The van der Waals surface area contributed by atoms with Crippen LogP contribution in [0.15, 0.2) is 135 Å². The number of amides is 2. The lowest BCUT2D eigenvalue weighted by Crippen LogP contribution is -2.51. The van der Waals surface area contributed by atoms with Crippen molar-refractivity contribution in [2.45, 2.75) is 137 Å². The molecule has 2 amide bonds. The summed E-state index contributed by atoms with van der Waals surface area (Å²) in [6.45, 7) is 10.3. The molecular formula is C72H82Cl2N8O10S2. The maximum Gasteiger partial charge on any atom is 0.264 e. The highest BCUT2D eigenvalue weighted by atomic mass is 35.5. The largest absolute Gasteiger partial charge is 0.490 e. The average molecular weight is 1350 g/mol. The van der Waals surface area contributed by atoms with E-state index >= 15 is 0 Å². The predicted octanol–water partition coefficient (Wildman–Crippen LogP) is 11.1. The number of rotatable bonds is 2. The van der Waals surface area contributed by atoms with Gasteiger partial charge in [-0.05, 0) is 197 Å². The van der Waals surface area contributed by atoms with Gasteiger partial charge >= 0.3 is 0 Å². The molecule has 4 N–H and O–H groups in total. The van der Waals surface area contributed by atoms with Crippen LogP contribution in [0.3, 0.4) is 0 Å². The molecule has 2 spiro atoms. The number of sulfonamides is 2. The van der Waals surface area contributed by atoms with Crippen LogP contribution >= 0.6 is 23.2 Å². The van der Waals surface area contributed by atoms with Crippen molar-refractivity contribution in [2.24, 2.45) is 35.5 Å². The molecule has 4 aliphatic heterocycles. The molecule has 14 rings (SSSR count). The lowest BCUT2D eigenvalue weighted by atomic mass is 9.62. The third-order valence-electron chi connectivity index (χ3n) is 22.3. The third-order valence-corrected chi connectivity index (χ3v) is 26.6. The molecule has 6 heterocycles. The van der Waals surface area contributed by atoms with Gasteiger partial charge in [-0.25, -0.2) is 46.2 Å². The summed E-state index contributed by atoms with van der Waals surface area (Å²) >= 11 is 12.9. The molecule has 12 atom stereocenters. The zero-order chi connectivity index (χ0) is 66.0. The number of aromatic nitrogens is 4. The highest BCUT2D eigenvalue weighted by Crippen LogP contribution is 2.53. The van der Waals surface area contributed by atoms with E-state index in [2.05, 4.69) is 63.4 Å². The first-order valence-electron chi connectivity index (χ1n) is 33.0. The van der Waals surface area contributed by atoms with Crippen molar-refractivity contribution in [1.29, 1.82) is 0 Å². The number of nitrogens with one attached hydrogen (secondary N) is 2. The Labute approximate surface area is 561 Å². The van der Waals surface area contributed by atoms with Gasteiger partial charge in [0.1, 0.15) is 35.4 Å². The number of aryl methyl sites for hydroxylation is 2. The number of carbonyl (C=O) groups is 2. The molecule has 22 heteroatoms. The van der Waals surface area contributed by atoms with Gasteiger partial charge in [-0.3, -0.25) is 9.59 Å². The number of hydrogen-bond donors (Lipinski definition) is 4.